The highest BCUT2D eigenvalue weighted by atomic mass is 16.4. The maximum Gasteiger partial charge on any atom is 0.335 e. The van der Waals surface area contributed by atoms with Gasteiger partial charge in [-0.25, -0.2) is 4.79 Å². The predicted molar refractivity (Wildman–Crippen MR) is 71.4 cm³/mol. The number of amides is 1. The van der Waals surface area contributed by atoms with E-state index in [1.807, 2.05) is 0 Å². The lowest BCUT2D eigenvalue weighted by Crippen LogP contribution is -2.33. The van der Waals surface area contributed by atoms with Crippen molar-refractivity contribution in [1.82, 2.24) is 10.2 Å². The van der Waals surface area contributed by atoms with Crippen molar-refractivity contribution in [3.8, 4) is 0 Å². The number of benzene rings is 1. The van der Waals surface area contributed by atoms with Crippen LogP contribution in [0.3, 0.4) is 0 Å². The molecule has 0 bridgehead atoms. The standard InChI is InChI=1S/C14H18N2O3/c1-16(12-6-7-12)9-8-15-13(17)10-2-4-11(5-3-10)14(18)19/h2-5,12H,6-9H2,1H3,(H,15,17)(H,18,19). The van der Waals surface area contributed by atoms with Gasteiger partial charge in [-0.2, -0.15) is 0 Å². The molecule has 2 rings (SSSR count). The molecule has 2 N–H and O–H groups in total. The molecular weight excluding hydrogens is 244 g/mol. The van der Waals surface area contributed by atoms with Gasteiger partial charge in [-0.05, 0) is 44.2 Å². The largest absolute Gasteiger partial charge is 0.478 e. The molecule has 0 spiro atoms. The maximum absolute atomic E-state index is 11.8. The molecule has 19 heavy (non-hydrogen) atoms. The Morgan fingerprint density at radius 3 is 2.37 bits per heavy atom. The van der Waals surface area contributed by atoms with E-state index < -0.39 is 5.97 Å². The summed E-state index contributed by atoms with van der Waals surface area (Å²) in [6, 6.07) is 6.63. The van der Waals surface area contributed by atoms with Gasteiger partial charge in [0.1, 0.15) is 0 Å². The second-order valence-electron chi connectivity index (χ2n) is 4.85. The first-order chi connectivity index (χ1) is 9.08. The Labute approximate surface area is 112 Å². The second kappa shape index (κ2) is 5.84. The Morgan fingerprint density at radius 1 is 1.26 bits per heavy atom. The van der Waals surface area contributed by atoms with Crippen LogP contribution in [-0.4, -0.2) is 48.1 Å². The highest BCUT2D eigenvalue weighted by molar-refractivity contribution is 5.95. The summed E-state index contributed by atoms with van der Waals surface area (Å²) < 4.78 is 0. The van der Waals surface area contributed by atoms with E-state index in [2.05, 4.69) is 17.3 Å². The number of carboxylic acids is 1. The van der Waals surface area contributed by atoms with Gasteiger partial charge < -0.3 is 15.3 Å². The minimum absolute atomic E-state index is 0.166. The van der Waals surface area contributed by atoms with Crippen LogP contribution in [0.1, 0.15) is 33.6 Å². The summed E-state index contributed by atoms with van der Waals surface area (Å²) in [6.45, 7) is 1.44. The van der Waals surface area contributed by atoms with Crippen LogP contribution in [0, 0.1) is 0 Å². The number of carbonyl (C=O) groups is 2. The Kier molecular flexibility index (Phi) is 4.16. The Morgan fingerprint density at radius 2 is 1.84 bits per heavy atom. The SMILES string of the molecule is CN(CCNC(=O)c1ccc(C(=O)O)cc1)C1CC1. The molecule has 0 radical (unpaired) electrons. The number of hydrogen-bond acceptors (Lipinski definition) is 3. The number of aromatic carboxylic acids is 1. The molecule has 1 aromatic rings. The molecule has 0 aliphatic heterocycles. The molecule has 102 valence electrons. The van der Waals surface area contributed by atoms with Crippen molar-refractivity contribution in [2.24, 2.45) is 0 Å². The highest BCUT2D eigenvalue weighted by Gasteiger charge is 2.25. The molecule has 0 aromatic heterocycles. The Bertz CT molecular complexity index is 466. The van der Waals surface area contributed by atoms with Gasteiger partial charge >= 0.3 is 5.97 Å². The lowest BCUT2D eigenvalue weighted by molar-refractivity contribution is 0.0696. The molecule has 0 unspecified atom stereocenters. The molecule has 0 atom stereocenters. The van der Waals surface area contributed by atoms with Crippen molar-refractivity contribution in [1.29, 1.82) is 0 Å². The lowest BCUT2D eigenvalue weighted by Gasteiger charge is -2.15. The molecule has 1 aromatic carbocycles. The minimum Gasteiger partial charge on any atom is -0.478 e. The molecule has 0 saturated heterocycles. The van der Waals surface area contributed by atoms with Gasteiger partial charge in [0.2, 0.25) is 0 Å². The number of hydrogen-bond donors (Lipinski definition) is 2. The van der Waals surface area contributed by atoms with Gasteiger partial charge in [0.25, 0.3) is 5.91 Å². The van der Waals surface area contributed by atoms with Crippen molar-refractivity contribution in [3.05, 3.63) is 35.4 Å². The fourth-order valence-electron chi connectivity index (χ4n) is 1.91. The first kappa shape index (κ1) is 13.5. The molecule has 1 fully saturated rings. The van der Waals surface area contributed by atoms with Gasteiger partial charge in [0.15, 0.2) is 0 Å². The third-order valence-electron chi connectivity index (χ3n) is 3.31. The lowest BCUT2D eigenvalue weighted by atomic mass is 10.1. The minimum atomic E-state index is -0.988. The van der Waals surface area contributed by atoms with E-state index in [1.165, 1.54) is 37.1 Å². The molecule has 1 amide bonds. The number of rotatable bonds is 6. The maximum atomic E-state index is 11.8. The van der Waals surface area contributed by atoms with Gasteiger partial charge in [-0.1, -0.05) is 0 Å². The van der Waals surface area contributed by atoms with E-state index in [-0.39, 0.29) is 11.5 Å². The smallest absolute Gasteiger partial charge is 0.335 e. The van der Waals surface area contributed by atoms with Crippen molar-refractivity contribution in [2.75, 3.05) is 20.1 Å². The van der Waals surface area contributed by atoms with Crippen LogP contribution >= 0.6 is 0 Å². The quantitative estimate of drug-likeness (QED) is 0.808. The molecule has 5 heteroatoms. The van der Waals surface area contributed by atoms with Gasteiger partial charge in [0.05, 0.1) is 5.56 Å². The van der Waals surface area contributed by atoms with Gasteiger partial charge in [-0.3, -0.25) is 4.79 Å². The van der Waals surface area contributed by atoms with Crippen LogP contribution in [0.15, 0.2) is 24.3 Å². The fourth-order valence-corrected chi connectivity index (χ4v) is 1.91. The van der Waals surface area contributed by atoms with Crippen LogP contribution in [-0.2, 0) is 0 Å². The zero-order valence-corrected chi connectivity index (χ0v) is 10.9. The molecule has 5 nitrogen and oxygen atoms in total. The van der Waals surface area contributed by atoms with E-state index in [4.69, 9.17) is 5.11 Å². The van der Waals surface area contributed by atoms with Crippen molar-refractivity contribution in [2.45, 2.75) is 18.9 Å². The third kappa shape index (κ3) is 3.79. The molecule has 1 aliphatic rings. The van der Waals surface area contributed by atoms with E-state index >= 15 is 0 Å². The summed E-state index contributed by atoms with van der Waals surface area (Å²) in [6.07, 6.45) is 2.50. The molecule has 1 saturated carbocycles. The monoisotopic (exact) mass is 262 g/mol. The Hall–Kier alpha value is -1.88. The average Bonchev–Trinajstić information content (AvgIpc) is 3.23. The van der Waals surface area contributed by atoms with Gasteiger partial charge in [0, 0.05) is 24.7 Å². The topological polar surface area (TPSA) is 69.6 Å². The van der Waals surface area contributed by atoms with Crippen LogP contribution in [0.5, 0.6) is 0 Å². The third-order valence-corrected chi connectivity index (χ3v) is 3.31. The molecule has 1 aliphatic carbocycles. The van der Waals surface area contributed by atoms with Crippen LogP contribution in [0.25, 0.3) is 0 Å². The summed E-state index contributed by atoms with van der Waals surface area (Å²) in [4.78, 5) is 24.8. The van der Waals surface area contributed by atoms with Crippen molar-refractivity contribution >= 4 is 11.9 Å². The van der Waals surface area contributed by atoms with E-state index in [0.717, 1.165) is 6.54 Å². The molecular formula is C14H18N2O3. The fraction of sp³-hybridized carbons (Fsp3) is 0.429. The number of carbonyl (C=O) groups excluding carboxylic acids is 1. The average molecular weight is 262 g/mol. The first-order valence-corrected chi connectivity index (χ1v) is 6.39. The van der Waals surface area contributed by atoms with Crippen molar-refractivity contribution < 1.29 is 14.7 Å². The normalized spacial score (nSPS) is 14.4. The van der Waals surface area contributed by atoms with Crippen LogP contribution in [0.2, 0.25) is 0 Å². The van der Waals surface area contributed by atoms with Gasteiger partial charge in [-0.15, -0.1) is 0 Å². The number of nitrogens with one attached hydrogen (secondary N) is 1. The van der Waals surface area contributed by atoms with Crippen LogP contribution in [0.4, 0.5) is 0 Å². The van der Waals surface area contributed by atoms with Crippen molar-refractivity contribution in [3.63, 3.8) is 0 Å². The number of carboxylic acid groups (broad SMARTS) is 1. The summed E-state index contributed by atoms with van der Waals surface area (Å²) in [5.41, 5.74) is 0.670. The van der Waals surface area contributed by atoms with Crippen LogP contribution < -0.4 is 5.32 Å². The number of nitrogens with zero attached hydrogens (tertiary/aromatic N) is 1. The second-order valence-corrected chi connectivity index (χ2v) is 4.85. The molecule has 0 heterocycles. The Balaban J connectivity index is 1.80. The highest BCUT2D eigenvalue weighted by Crippen LogP contribution is 2.24. The van der Waals surface area contributed by atoms with E-state index in [0.29, 0.717) is 18.2 Å². The first-order valence-electron chi connectivity index (χ1n) is 6.39. The summed E-state index contributed by atoms with van der Waals surface area (Å²) in [7, 11) is 2.06. The van der Waals surface area contributed by atoms with E-state index in [1.54, 1.807) is 0 Å². The zero-order chi connectivity index (χ0) is 13.8. The zero-order valence-electron chi connectivity index (χ0n) is 10.9. The predicted octanol–water partition coefficient (Wildman–Crippen LogP) is 1.21. The summed E-state index contributed by atoms with van der Waals surface area (Å²) >= 11 is 0. The van der Waals surface area contributed by atoms with E-state index in [9.17, 15) is 9.59 Å². The summed E-state index contributed by atoms with van der Waals surface area (Å²) in [5, 5.41) is 11.6. The number of likely N-dealkylation sites (N-methyl/N-ethyl adjacent to an activating group) is 1. The summed E-state index contributed by atoms with van der Waals surface area (Å²) in [5.74, 6) is -1.15.